The lowest BCUT2D eigenvalue weighted by Gasteiger charge is -2.24. The third kappa shape index (κ3) is 2.74. The molecule has 1 aliphatic rings. The van der Waals surface area contributed by atoms with Crippen molar-refractivity contribution in [3.63, 3.8) is 0 Å². The number of aryl methyl sites for hydroxylation is 1. The highest BCUT2D eigenvalue weighted by Crippen LogP contribution is 2.32. The Bertz CT molecular complexity index is 666. The highest BCUT2D eigenvalue weighted by Gasteiger charge is 2.22. The molecule has 0 spiro atoms. The van der Waals surface area contributed by atoms with Gasteiger partial charge in [0.25, 0.3) is 5.91 Å². The molecule has 0 fully saturated rings. The van der Waals surface area contributed by atoms with E-state index in [1.807, 2.05) is 25.2 Å². The summed E-state index contributed by atoms with van der Waals surface area (Å²) < 4.78 is 5.68. The molecule has 0 atom stereocenters. The Morgan fingerprint density at radius 2 is 2.29 bits per heavy atom. The molecule has 0 saturated heterocycles. The van der Waals surface area contributed by atoms with Crippen LogP contribution < -0.4 is 10.1 Å². The summed E-state index contributed by atoms with van der Waals surface area (Å²) in [5.41, 5.74) is 2.75. The summed E-state index contributed by atoms with van der Waals surface area (Å²) in [6.45, 7) is 4.06. The van der Waals surface area contributed by atoms with Gasteiger partial charge in [-0.15, -0.1) is 11.3 Å². The lowest BCUT2D eigenvalue weighted by atomic mass is 10.1. The van der Waals surface area contributed by atoms with Crippen LogP contribution in [0.3, 0.4) is 0 Å². The van der Waals surface area contributed by atoms with E-state index in [1.54, 1.807) is 16.2 Å². The first kappa shape index (κ1) is 13.9. The van der Waals surface area contributed by atoms with Gasteiger partial charge in [-0.2, -0.15) is 0 Å². The topological polar surface area (TPSA) is 41.6 Å². The van der Waals surface area contributed by atoms with E-state index >= 15 is 0 Å². The summed E-state index contributed by atoms with van der Waals surface area (Å²) in [5.74, 6) is 0.659. The number of benzene rings is 1. The van der Waals surface area contributed by atoms with Crippen LogP contribution in [0.2, 0.25) is 0 Å². The lowest BCUT2D eigenvalue weighted by molar-refractivity contribution is 0.0782. The fraction of sp³-hybridized carbons (Fsp3) is 0.312. The van der Waals surface area contributed by atoms with E-state index in [9.17, 15) is 4.79 Å². The zero-order valence-corrected chi connectivity index (χ0v) is 13.0. The normalized spacial score (nSPS) is 13.0. The van der Waals surface area contributed by atoms with Gasteiger partial charge < -0.3 is 15.0 Å². The number of fused-ring (bicyclic) bond motifs is 1. The van der Waals surface area contributed by atoms with Gasteiger partial charge in [-0.1, -0.05) is 6.07 Å². The Hall–Kier alpha value is -2.01. The SMILES string of the molecule is Cc1ccsc1CN(C)C(=O)c1cccc2c1OCCN2. The largest absolute Gasteiger partial charge is 0.489 e. The minimum atomic E-state index is -0.0108. The fourth-order valence-corrected chi connectivity index (χ4v) is 3.36. The molecule has 2 heterocycles. The summed E-state index contributed by atoms with van der Waals surface area (Å²) in [6.07, 6.45) is 0. The van der Waals surface area contributed by atoms with E-state index in [2.05, 4.69) is 23.7 Å². The molecule has 0 unspecified atom stereocenters. The van der Waals surface area contributed by atoms with Gasteiger partial charge >= 0.3 is 0 Å². The van der Waals surface area contributed by atoms with Crippen LogP contribution in [0, 0.1) is 6.92 Å². The number of para-hydroxylation sites is 1. The number of thiophene rings is 1. The molecule has 5 heteroatoms. The number of ether oxygens (including phenoxy) is 1. The molecule has 0 saturated carbocycles. The zero-order chi connectivity index (χ0) is 14.8. The Morgan fingerprint density at radius 3 is 3.05 bits per heavy atom. The molecule has 0 radical (unpaired) electrons. The first-order chi connectivity index (χ1) is 10.2. The summed E-state index contributed by atoms with van der Waals surface area (Å²) in [6, 6.07) is 7.73. The zero-order valence-electron chi connectivity index (χ0n) is 12.2. The van der Waals surface area contributed by atoms with Gasteiger partial charge in [-0.05, 0) is 36.1 Å². The second-order valence-corrected chi connectivity index (χ2v) is 6.15. The number of nitrogens with one attached hydrogen (secondary N) is 1. The number of hydrogen-bond acceptors (Lipinski definition) is 4. The number of amides is 1. The number of carbonyl (C=O) groups is 1. The molecule has 0 bridgehead atoms. The molecule has 110 valence electrons. The Morgan fingerprint density at radius 1 is 1.43 bits per heavy atom. The standard InChI is InChI=1S/C16H18N2O2S/c1-11-6-9-21-14(11)10-18(2)16(19)12-4-3-5-13-15(12)20-8-7-17-13/h3-6,9,17H,7-8,10H2,1-2H3. The van der Waals surface area contributed by atoms with Crippen LogP contribution in [0.4, 0.5) is 5.69 Å². The van der Waals surface area contributed by atoms with Crippen molar-refractivity contribution in [1.82, 2.24) is 4.90 Å². The van der Waals surface area contributed by atoms with Gasteiger partial charge in [0, 0.05) is 18.5 Å². The van der Waals surface area contributed by atoms with Crippen molar-refractivity contribution in [3.8, 4) is 5.75 Å². The molecule has 0 aliphatic carbocycles. The quantitative estimate of drug-likeness (QED) is 0.947. The maximum Gasteiger partial charge on any atom is 0.257 e. The summed E-state index contributed by atoms with van der Waals surface area (Å²) in [4.78, 5) is 15.6. The Balaban J connectivity index is 1.83. The van der Waals surface area contributed by atoms with Crippen molar-refractivity contribution >= 4 is 22.9 Å². The Labute approximate surface area is 128 Å². The molecule has 1 amide bonds. The fourth-order valence-electron chi connectivity index (χ4n) is 2.40. The maximum atomic E-state index is 12.7. The molecule has 4 nitrogen and oxygen atoms in total. The number of hydrogen-bond donors (Lipinski definition) is 1. The summed E-state index contributed by atoms with van der Waals surface area (Å²) >= 11 is 1.68. The number of rotatable bonds is 3. The van der Waals surface area contributed by atoms with E-state index in [1.165, 1.54) is 10.4 Å². The van der Waals surface area contributed by atoms with Crippen LogP contribution >= 0.6 is 11.3 Å². The van der Waals surface area contributed by atoms with Crippen molar-refractivity contribution in [3.05, 3.63) is 45.6 Å². The van der Waals surface area contributed by atoms with Crippen LogP contribution in [-0.2, 0) is 6.54 Å². The predicted octanol–water partition coefficient (Wildman–Crippen LogP) is 3.13. The smallest absolute Gasteiger partial charge is 0.257 e. The van der Waals surface area contributed by atoms with Crippen LogP contribution in [0.5, 0.6) is 5.75 Å². The Kier molecular flexibility index (Phi) is 3.84. The molecule has 2 aromatic rings. The highest BCUT2D eigenvalue weighted by atomic mass is 32.1. The minimum Gasteiger partial charge on any atom is -0.489 e. The monoisotopic (exact) mass is 302 g/mol. The van der Waals surface area contributed by atoms with Gasteiger partial charge in [0.2, 0.25) is 0 Å². The summed E-state index contributed by atoms with van der Waals surface area (Å²) in [7, 11) is 1.83. The predicted molar refractivity (Wildman–Crippen MR) is 85.3 cm³/mol. The first-order valence-electron chi connectivity index (χ1n) is 6.95. The number of nitrogens with zero attached hydrogens (tertiary/aromatic N) is 1. The van der Waals surface area contributed by atoms with E-state index in [0.29, 0.717) is 24.5 Å². The van der Waals surface area contributed by atoms with E-state index < -0.39 is 0 Å². The number of carbonyl (C=O) groups excluding carboxylic acids is 1. The highest BCUT2D eigenvalue weighted by molar-refractivity contribution is 7.10. The third-order valence-corrected chi connectivity index (χ3v) is 4.61. The van der Waals surface area contributed by atoms with Gasteiger partial charge in [0.05, 0.1) is 17.8 Å². The molecular weight excluding hydrogens is 284 g/mol. The van der Waals surface area contributed by atoms with Crippen LogP contribution in [0.15, 0.2) is 29.6 Å². The van der Waals surface area contributed by atoms with Crippen LogP contribution in [-0.4, -0.2) is 31.0 Å². The minimum absolute atomic E-state index is 0.0108. The van der Waals surface area contributed by atoms with Gasteiger partial charge in [-0.25, -0.2) is 0 Å². The molecule has 1 N–H and O–H groups in total. The summed E-state index contributed by atoms with van der Waals surface area (Å²) in [5, 5.41) is 5.31. The van der Waals surface area contributed by atoms with Crippen LogP contribution in [0.25, 0.3) is 0 Å². The van der Waals surface area contributed by atoms with E-state index in [-0.39, 0.29) is 5.91 Å². The third-order valence-electron chi connectivity index (χ3n) is 3.60. The lowest BCUT2D eigenvalue weighted by Crippen LogP contribution is -2.28. The van der Waals surface area contributed by atoms with Crippen molar-refractivity contribution in [2.24, 2.45) is 0 Å². The molecule has 21 heavy (non-hydrogen) atoms. The molecule has 1 aromatic carbocycles. The second kappa shape index (κ2) is 5.77. The van der Waals surface area contributed by atoms with Crippen molar-refractivity contribution in [1.29, 1.82) is 0 Å². The molecule has 1 aromatic heterocycles. The number of anilines is 1. The average Bonchev–Trinajstić information content (AvgIpc) is 2.91. The molecular formula is C16H18N2O2S. The van der Waals surface area contributed by atoms with Crippen molar-refractivity contribution in [2.75, 3.05) is 25.5 Å². The first-order valence-corrected chi connectivity index (χ1v) is 7.83. The van der Waals surface area contributed by atoms with Crippen LogP contribution in [0.1, 0.15) is 20.8 Å². The van der Waals surface area contributed by atoms with Gasteiger partial charge in [0.1, 0.15) is 6.61 Å². The molecule has 3 rings (SSSR count). The van der Waals surface area contributed by atoms with Crippen molar-refractivity contribution < 1.29 is 9.53 Å². The van der Waals surface area contributed by atoms with E-state index in [4.69, 9.17) is 4.74 Å². The van der Waals surface area contributed by atoms with E-state index in [0.717, 1.165) is 12.2 Å². The van der Waals surface area contributed by atoms with Crippen molar-refractivity contribution in [2.45, 2.75) is 13.5 Å². The molecule has 1 aliphatic heterocycles. The van der Waals surface area contributed by atoms with Gasteiger partial charge in [0.15, 0.2) is 5.75 Å². The average molecular weight is 302 g/mol. The second-order valence-electron chi connectivity index (χ2n) is 5.15. The maximum absolute atomic E-state index is 12.7. The van der Waals surface area contributed by atoms with Gasteiger partial charge in [-0.3, -0.25) is 4.79 Å².